The van der Waals surface area contributed by atoms with E-state index in [2.05, 4.69) is 10.2 Å². The van der Waals surface area contributed by atoms with Gasteiger partial charge in [0.2, 0.25) is 5.88 Å². The number of hydrogen-bond donors (Lipinski definition) is 0. The van der Waals surface area contributed by atoms with Gasteiger partial charge in [0, 0.05) is 12.5 Å². The maximum absolute atomic E-state index is 5.57. The first-order valence-electron chi connectivity index (χ1n) is 4.08. The minimum Gasteiger partial charge on any atom is -0.471 e. The quantitative estimate of drug-likeness (QED) is 0.722. The first kappa shape index (κ1) is 8.72. The van der Waals surface area contributed by atoms with E-state index in [1.165, 1.54) is 0 Å². The maximum Gasteiger partial charge on any atom is 0.233 e. The lowest BCUT2D eigenvalue weighted by molar-refractivity contribution is 0.137. The van der Waals surface area contributed by atoms with E-state index < -0.39 is 0 Å². The van der Waals surface area contributed by atoms with E-state index in [9.17, 15) is 0 Å². The van der Waals surface area contributed by atoms with E-state index in [-0.39, 0.29) is 6.10 Å². The molecule has 2 rings (SSSR count). The van der Waals surface area contributed by atoms with E-state index >= 15 is 0 Å². The summed E-state index contributed by atoms with van der Waals surface area (Å²) in [5.74, 6) is 0.500. The third kappa shape index (κ3) is 2.29. The first-order chi connectivity index (χ1) is 6.34. The molecule has 1 unspecified atom stereocenters. The van der Waals surface area contributed by atoms with Crippen LogP contribution in [-0.4, -0.2) is 29.5 Å². The lowest BCUT2D eigenvalue weighted by atomic mass is 10.3. The molecule has 0 saturated carbocycles. The van der Waals surface area contributed by atoms with Gasteiger partial charge in [-0.25, -0.2) is 0 Å². The normalized spacial score (nSPS) is 21.8. The Bertz CT molecular complexity index is 272. The highest BCUT2D eigenvalue weighted by atomic mass is 35.5. The number of nitrogens with zero attached hydrogens (tertiary/aromatic N) is 2. The van der Waals surface area contributed by atoms with Crippen LogP contribution in [0.1, 0.15) is 6.42 Å². The van der Waals surface area contributed by atoms with Crippen LogP contribution in [0.3, 0.4) is 0 Å². The van der Waals surface area contributed by atoms with Crippen molar-refractivity contribution in [1.29, 1.82) is 0 Å². The fraction of sp³-hybridized carbons (Fsp3) is 0.500. The van der Waals surface area contributed by atoms with Gasteiger partial charge in [-0.3, -0.25) is 0 Å². The molecule has 1 fully saturated rings. The molecule has 0 radical (unpaired) electrons. The van der Waals surface area contributed by atoms with Crippen molar-refractivity contribution in [3.63, 3.8) is 0 Å². The summed E-state index contributed by atoms with van der Waals surface area (Å²) in [5, 5.41) is 7.82. The van der Waals surface area contributed by atoms with Crippen LogP contribution in [-0.2, 0) is 4.74 Å². The van der Waals surface area contributed by atoms with Gasteiger partial charge in [-0.15, -0.1) is 10.2 Å². The zero-order valence-electron chi connectivity index (χ0n) is 6.94. The van der Waals surface area contributed by atoms with Crippen molar-refractivity contribution in [3.8, 4) is 5.88 Å². The minimum absolute atomic E-state index is 0.107. The van der Waals surface area contributed by atoms with Gasteiger partial charge in [-0.2, -0.15) is 0 Å². The predicted molar refractivity (Wildman–Crippen MR) is 46.9 cm³/mol. The van der Waals surface area contributed by atoms with Gasteiger partial charge in [0.05, 0.1) is 13.2 Å². The Morgan fingerprint density at radius 1 is 1.46 bits per heavy atom. The summed E-state index contributed by atoms with van der Waals surface area (Å²) in [7, 11) is 0. The Labute approximate surface area is 80.8 Å². The summed E-state index contributed by atoms with van der Waals surface area (Å²) in [6.45, 7) is 1.38. The minimum atomic E-state index is 0.107. The van der Waals surface area contributed by atoms with Crippen molar-refractivity contribution in [2.45, 2.75) is 12.5 Å². The average Bonchev–Trinajstić information content (AvgIpc) is 2.62. The third-order valence-electron chi connectivity index (χ3n) is 1.78. The molecule has 70 valence electrons. The van der Waals surface area contributed by atoms with Crippen molar-refractivity contribution < 1.29 is 9.47 Å². The van der Waals surface area contributed by atoms with Gasteiger partial charge >= 0.3 is 0 Å². The molecule has 4 nitrogen and oxygen atoms in total. The summed E-state index contributed by atoms with van der Waals surface area (Å²) >= 11 is 5.57. The number of ether oxygens (including phenoxy) is 2. The highest BCUT2D eigenvalue weighted by Crippen LogP contribution is 2.14. The van der Waals surface area contributed by atoms with Crippen LogP contribution in [0.25, 0.3) is 0 Å². The SMILES string of the molecule is Clc1ccc(OC2CCOC2)nn1. The fourth-order valence-corrected chi connectivity index (χ4v) is 1.24. The van der Waals surface area contributed by atoms with Gasteiger partial charge in [0.25, 0.3) is 0 Å². The van der Waals surface area contributed by atoms with Crippen LogP contribution in [0.5, 0.6) is 5.88 Å². The summed E-state index contributed by atoms with van der Waals surface area (Å²) in [6, 6.07) is 3.35. The molecule has 0 amide bonds. The Morgan fingerprint density at radius 2 is 2.38 bits per heavy atom. The average molecular weight is 201 g/mol. The van der Waals surface area contributed by atoms with E-state index in [1.54, 1.807) is 12.1 Å². The van der Waals surface area contributed by atoms with Crippen molar-refractivity contribution in [2.24, 2.45) is 0 Å². The van der Waals surface area contributed by atoms with E-state index in [1.807, 2.05) is 0 Å². The van der Waals surface area contributed by atoms with Crippen LogP contribution in [0.4, 0.5) is 0 Å². The number of hydrogen-bond acceptors (Lipinski definition) is 4. The molecule has 13 heavy (non-hydrogen) atoms. The molecular formula is C8H9ClN2O2. The number of rotatable bonds is 2. The van der Waals surface area contributed by atoms with Gasteiger partial charge in [-0.05, 0) is 6.07 Å². The molecule has 1 aromatic heterocycles. The summed E-state index contributed by atoms with van der Waals surface area (Å²) < 4.78 is 10.6. The highest BCUT2D eigenvalue weighted by Gasteiger charge is 2.17. The van der Waals surface area contributed by atoms with Gasteiger partial charge in [-0.1, -0.05) is 11.6 Å². The second kappa shape index (κ2) is 3.89. The summed E-state index contributed by atoms with van der Waals surface area (Å²) in [5.41, 5.74) is 0. The molecule has 0 aromatic carbocycles. The molecule has 1 aromatic rings. The van der Waals surface area contributed by atoms with Crippen molar-refractivity contribution in [3.05, 3.63) is 17.3 Å². The Kier molecular flexibility index (Phi) is 2.61. The van der Waals surface area contributed by atoms with Crippen LogP contribution in [0.2, 0.25) is 5.15 Å². The molecule has 1 aliphatic rings. The van der Waals surface area contributed by atoms with Crippen molar-refractivity contribution in [2.75, 3.05) is 13.2 Å². The number of aromatic nitrogens is 2. The molecule has 0 aliphatic carbocycles. The predicted octanol–water partition coefficient (Wildman–Crippen LogP) is 1.30. The van der Waals surface area contributed by atoms with E-state index in [0.717, 1.165) is 13.0 Å². The van der Waals surface area contributed by atoms with Gasteiger partial charge in [0.1, 0.15) is 6.10 Å². The Hall–Kier alpha value is -0.870. The lowest BCUT2D eigenvalue weighted by Gasteiger charge is -2.09. The maximum atomic E-state index is 5.57. The number of halogens is 1. The molecule has 0 spiro atoms. The van der Waals surface area contributed by atoms with Gasteiger partial charge in [0.15, 0.2) is 5.15 Å². The monoisotopic (exact) mass is 200 g/mol. The second-order valence-electron chi connectivity index (χ2n) is 2.80. The van der Waals surface area contributed by atoms with Crippen molar-refractivity contribution >= 4 is 11.6 Å². The largest absolute Gasteiger partial charge is 0.471 e. The molecule has 0 bridgehead atoms. The van der Waals surface area contributed by atoms with Crippen LogP contribution >= 0.6 is 11.6 Å². The second-order valence-corrected chi connectivity index (χ2v) is 3.18. The molecule has 0 N–H and O–H groups in total. The van der Waals surface area contributed by atoms with Crippen LogP contribution in [0, 0.1) is 0 Å². The van der Waals surface area contributed by atoms with Crippen LogP contribution in [0.15, 0.2) is 12.1 Å². The molecular weight excluding hydrogens is 192 g/mol. The molecule has 1 saturated heterocycles. The topological polar surface area (TPSA) is 44.2 Å². The molecule has 2 heterocycles. The summed E-state index contributed by atoms with van der Waals surface area (Å²) in [6.07, 6.45) is 1.01. The zero-order valence-corrected chi connectivity index (χ0v) is 7.70. The molecule has 5 heteroatoms. The lowest BCUT2D eigenvalue weighted by Crippen LogP contribution is -2.16. The van der Waals surface area contributed by atoms with E-state index in [0.29, 0.717) is 17.6 Å². The fourth-order valence-electron chi connectivity index (χ4n) is 1.14. The standard InChI is InChI=1S/C8H9ClN2O2/c9-7-1-2-8(11-10-7)13-6-3-4-12-5-6/h1-2,6H,3-5H2. The summed E-state index contributed by atoms with van der Waals surface area (Å²) in [4.78, 5) is 0. The highest BCUT2D eigenvalue weighted by molar-refractivity contribution is 6.29. The van der Waals surface area contributed by atoms with Crippen LogP contribution < -0.4 is 4.74 Å². The van der Waals surface area contributed by atoms with Crippen molar-refractivity contribution in [1.82, 2.24) is 10.2 Å². The Morgan fingerprint density at radius 3 is 3.00 bits per heavy atom. The molecule has 1 aliphatic heterocycles. The Balaban J connectivity index is 1.97. The first-order valence-corrected chi connectivity index (χ1v) is 4.46. The molecule has 1 atom stereocenters. The zero-order chi connectivity index (χ0) is 9.10. The smallest absolute Gasteiger partial charge is 0.233 e. The van der Waals surface area contributed by atoms with Gasteiger partial charge < -0.3 is 9.47 Å². The van der Waals surface area contributed by atoms with E-state index in [4.69, 9.17) is 21.1 Å². The third-order valence-corrected chi connectivity index (χ3v) is 1.98.